The topological polar surface area (TPSA) is 21.1 Å². The summed E-state index contributed by atoms with van der Waals surface area (Å²) in [5, 5.41) is 4.51. The lowest BCUT2D eigenvalue weighted by atomic mass is 10.1. The third-order valence-electron chi connectivity index (χ3n) is 2.64. The average Bonchev–Trinajstić information content (AvgIpc) is 2.66. The van der Waals surface area contributed by atoms with E-state index < -0.39 is 0 Å². The van der Waals surface area contributed by atoms with Gasteiger partial charge in [-0.3, -0.25) is 4.68 Å². The normalized spacial score (nSPS) is 18.3. The molecule has 1 aliphatic rings. The Morgan fingerprint density at radius 1 is 1.50 bits per heavy atom. The van der Waals surface area contributed by atoms with Gasteiger partial charge in [0.25, 0.3) is 0 Å². The average molecular weight is 191 g/mol. The first kappa shape index (κ1) is 9.46. The molecule has 0 aliphatic carbocycles. The maximum absolute atomic E-state index is 4.51. The highest BCUT2D eigenvalue weighted by atomic mass is 15.3. The van der Waals surface area contributed by atoms with Gasteiger partial charge in [-0.25, -0.2) is 0 Å². The standard InChI is InChI=1S/C11H17N3/c1-3-14-8-6-11(12-14)10-5-4-7-13(2)9-10/h5-6,8H,3-4,7,9H2,1-2H3. The van der Waals surface area contributed by atoms with Crippen LogP contribution in [0.3, 0.4) is 0 Å². The van der Waals surface area contributed by atoms with Gasteiger partial charge in [-0.2, -0.15) is 5.10 Å². The zero-order chi connectivity index (χ0) is 9.97. The van der Waals surface area contributed by atoms with E-state index >= 15 is 0 Å². The van der Waals surface area contributed by atoms with Gasteiger partial charge in [0.1, 0.15) is 0 Å². The summed E-state index contributed by atoms with van der Waals surface area (Å²) in [4.78, 5) is 2.33. The fourth-order valence-electron chi connectivity index (χ4n) is 1.79. The van der Waals surface area contributed by atoms with E-state index in [0.29, 0.717) is 0 Å². The Labute approximate surface area is 85.0 Å². The minimum Gasteiger partial charge on any atom is -0.302 e. The van der Waals surface area contributed by atoms with Crippen molar-refractivity contribution >= 4 is 5.57 Å². The van der Waals surface area contributed by atoms with Crippen LogP contribution in [0.1, 0.15) is 19.0 Å². The molecule has 1 aromatic rings. The van der Waals surface area contributed by atoms with Gasteiger partial charge in [-0.15, -0.1) is 0 Å². The lowest BCUT2D eigenvalue weighted by molar-refractivity contribution is 0.372. The third-order valence-corrected chi connectivity index (χ3v) is 2.64. The minimum absolute atomic E-state index is 0.948. The van der Waals surface area contributed by atoms with Gasteiger partial charge >= 0.3 is 0 Å². The van der Waals surface area contributed by atoms with E-state index in [1.54, 1.807) is 0 Å². The summed E-state index contributed by atoms with van der Waals surface area (Å²) in [6.07, 6.45) is 5.50. The van der Waals surface area contributed by atoms with E-state index in [4.69, 9.17) is 0 Å². The van der Waals surface area contributed by atoms with Gasteiger partial charge in [-0.1, -0.05) is 6.08 Å². The van der Waals surface area contributed by atoms with Crippen LogP contribution >= 0.6 is 0 Å². The highest BCUT2D eigenvalue weighted by Crippen LogP contribution is 2.17. The largest absolute Gasteiger partial charge is 0.302 e. The molecule has 0 fully saturated rings. The van der Waals surface area contributed by atoms with Crippen LogP contribution in [0.2, 0.25) is 0 Å². The summed E-state index contributed by atoms with van der Waals surface area (Å²) >= 11 is 0. The summed E-state index contributed by atoms with van der Waals surface area (Å²) in [6.45, 7) is 5.25. The second-order valence-corrected chi connectivity index (χ2v) is 3.81. The maximum Gasteiger partial charge on any atom is 0.0892 e. The van der Waals surface area contributed by atoms with Crippen molar-refractivity contribution < 1.29 is 0 Å². The molecule has 2 heterocycles. The fraction of sp³-hybridized carbons (Fsp3) is 0.545. The van der Waals surface area contributed by atoms with E-state index in [9.17, 15) is 0 Å². The summed E-state index contributed by atoms with van der Waals surface area (Å²) < 4.78 is 1.98. The van der Waals surface area contributed by atoms with E-state index in [2.05, 4.69) is 36.1 Å². The van der Waals surface area contributed by atoms with Crippen LogP contribution in [-0.4, -0.2) is 34.8 Å². The molecule has 0 bridgehead atoms. The number of hydrogen-bond donors (Lipinski definition) is 0. The second-order valence-electron chi connectivity index (χ2n) is 3.81. The van der Waals surface area contributed by atoms with Crippen molar-refractivity contribution in [2.75, 3.05) is 20.1 Å². The molecular weight excluding hydrogens is 174 g/mol. The van der Waals surface area contributed by atoms with E-state index in [1.807, 2.05) is 10.9 Å². The lowest BCUT2D eigenvalue weighted by Gasteiger charge is -2.21. The Morgan fingerprint density at radius 2 is 2.36 bits per heavy atom. The molecule has 0 saturated heterocycles. The summed E-state index contributed by atoms with van der Waals surface area (Å²) in [6, 6.07) is 2.11. The summed E-state index contributed by atoms with van der Waals surface area (Å²) in [5.41, 5.74) is 2.50. The van der Waals surface area contributed by atoms with Crippen molar-refractivity contribution in [1.82, 2.24) is 14.7 Å². The highest BCUT2D eigenvalue weighted by molar-refractivity contribution is 5.64. The van der Waals surface area contributed by atoms with Crippen LogP contribution in [0.25, 0.3) is 5.57 Å². The number of aromatic nitrogens is 2. The number of hydrogen-bond acceptors (Lipinski definition) is 2. The van der Waals surface area contributed by atoms with E-state index in [0.717, 1.165) is 31.7 Å². The summed E-state index contributed by atoms with van der Waals surface area (Å²) in [5.74, 6) is 0. The number of likely N-dealkylation sites (N-methyl/N-ethyl adjacent to an activating group) is 1. The molecular formula is C11H17N3. The van der Waals surface area contributed by atoms with Gasteiger partial charge in [0, 0.05) is 25.8 Å². The monoisotopic (exact) mass is 191 g/mol. The van der Waals surface area contributed by atoms with Crippen LogP contribution in [0, 0.1) is 0 Å². The SMILES string of the molecule is CCn1ccc(C2=CCCN(C)C2)n1. The molecule has 76 valence electrons. The minimum atomic E-state index is 0.948. The Kier molecular flexibility index (Phi) is 2.68. The van der Waals surface area contributed by atoms with Crippen LogP contribution in [0.4, 0.5) is 0 Å². The Bertz CT molecular complexity index is 338. The molecule has 0 spiro atoms. The predicted octanol–water partition coefficient (Wildman–Crippen LogP) is 1.62. The van der Waals surface area contributed by atoms with Gasteiger partial charge in [0.05, 0.1) is 5.69 Å². The molecule has 0 radical (unpaired) electrons. The van der Waals surface area contributed by atoms with Crippen molar-refractivity contribution in [3.05, 3.63) is 24.0 Å². The number of nitrogens with zero attached hydrogens (tertiary/aromatic N) is 3. The molecule has 0 saturated carbocycles. The zero-order valence-corrected chi connectivity index (χ0v) is 8.90. The fourth-order valence-corrected chi connectivity index (χ4v) is 1.79. The molecule has 0 unspecified atom stereocenters. The van der Waals surface area contributed by atoms with Gasteiger partial charge in [0.15, 0.2) is 0 Å². The molecule has 1 aromatic heterocycles. The third kappa shape index (κ3) is 1.87. The second kappa shape index (κ2) is 3.96. The van der Waals surface area contributed by atoms with Crippen molar-refractivity contribution in [3.8, 4) is 0 Å². The summed E-state index contributed by atoms with van der Waals surface area (Å²) in [7, 11) is 2.16. The quantitative estimate of drug-likeness (QED) is 0.708. The smallest absolute Gasteiger partial charge is 0.0892 e. The first-order valence-corrected chi connectivity index (χ1v) is 5.21. The first-order valence-electron chi connectivity index (χ1n) is 5.21. The van der Waals surface area contributed by atoms with Crippen LogP contribution in [0.15, 0.2) is 18.3 Å². The lowest BCUT2D eigenvalue weighted by Crippen LogP contribution is -2.25. The van der Waals surface area contributed by atoms with Crippen LogP contribution in [0.5, 0.6) is 0 Å². The van der Waals surface area contributed by atoms with E-state index in [-0.39, 0.29) is 0 Å². The predicted molar refractivity (Wildman–Crippen MR) is 58.0 cm³/mol. The molecule has 3 heteroatoms. The molecule has 2 rings (SSSR count). The maximum atomic E-state index is 4.51. The molecule has 0 aromatic carbocycles. The molecule has 0 amide bonds. The van der Waals surface area contributed by atoms with Crippen molar-refractivity contribution in [3.63, 3.8) is 0 Å². The Morgan fingerprint density at radius 3 is 3.00 bits per heavy atom. The van der Waals surface area contributed by atoms with E-state index in [1.165, 1.54) is 5.57 Å². The van der Waals surface area contributed by atoms with Crippen molar-refractivity contribution in [1.29, 1.82) is 0 Å². The highest BCUT2D eigenvalue weighted by Gasteiger charge is 2.11. The first-order chi connectivity index (χ1) is 6.79. The van der Waals surface area contributed by atoms with Crippen molar-refractivity contribution in [2.24, 2.45) is 0 Å². The Hall–Kier alpha value is -1.09. The van der Waals surface area contributed by atoms with Crippen molar-refractivity contribution in [2.45, 2.75) is 19.9 Å². The molecule has 14 heavy (non-hydrogen) atoms. The van der Waals surface area contributed by atoms with Gasteiger partial charge in [-0.05, 0) is 32.0 Å². The Balaban J connectivity index is 2.18. The number of rotatable bonds is 2. The molecule has 3 nitrogen and oxygen atoms in total. The number of aryl methyl sites for hydroxylation is 1. The van der Waals surface area contributed by atoms with Gasteiger partial charge < -0.3 is 4.90 Å². The van der Waals surface area contributed by atoms with Gasteiger partial charge in [0.2, 0.25) is 0 Å². The molecule has 0 atom stereocenters. The zero-order valence-electron chi connectivity index (χ0n) is 8.90. The molecule has 0 N–H and O–H groups in total. The van der Waals surface area contributed by atoms with Crippen LogP contribution in [-0.2, 0) is 6.54 Å². The van der Waals surface area contributed by atoms with Crippen LogP contribution < -0.4 is 0 Å². The molecule has 1 aliphatic heterocycles.